The summed E-state index contributed by atoms with van der Waals surface area (Å²) in [5.41, 5.74) is 2.82. The molecule has 1 heterocycles. The summed E-state index contributed by atoms with van der Waals surface area (Å²) in [6.45, 7) is 0.617. The molecule has 1 unspecified atom stereocenters. The molecule has 120 valence electrons. The lowest BCUT2D eigenvalue weighted by molar-refractivity contribution is -0.138. The van der Waals surface area contributed by atoms with Crippen molar-refractivity contribution in [1.29, 1.82) is 0 Å². The van der Waals surface area contributed by atoms with Gasteiger partial charge in [0.2, 0.25) is 0 Å². The van der Waals surface area contributed by atoms with Crippen molar-refractivity contribution in [1.82, 2.24) is 0 Å². The lowest BCUT2D eigenvalue weighted by Crippen LogP contribution is -2.27. The summed E-state index contributed by atoms with van der Waals surface area (Å²) in [7, 11) is 0. The van der Waals surface area contributed by atoms with Gasteiger partial charge in [0.1, 0.15) is 0 Å². The Labute approximate surface area is 140 Å². The fourth-order valence-electron chi connectivity index (χ4n) is 3.65. The van der Waals surface area contributed by atoms with Gasteiger partial charge in [-0.3, -0.25) is 0 Å². The van der Waals surface area contributed by atoms with Crippen LogP contribution in [0.1, 0.15) is 29.2 Å². The van der Waals surface area contributed by atoms with E-state index in [1.165, 1.54) is 12.1 Å². The van der Waals surface area contributed by atoms with E-state index in [0.717, 1.165) is 21.4 Å². The van der Waals surface area contributed by atoms with Crippen LogP contribution in [0.2, 0.25) is 0 Å². The van der Waals surface area contributed by atoms with E-state index in [9.17, 15) is 13.2 Å². The molecule has 0 radical (unpaired) electrons. The zero-order chi connectivity index (χ0) is 16.2. The summed E-state index contributed by atoms with van der Waals surface area (Å²) in [4.78, 5) is 2.16. The van der Waals surface area contributed by atoms with Crippen LogP contribution in [-0.4, -0.2) is 6.67 Å². The average Bonchev–Trinajstić information content (AvgIpc) is 3.08. The third kappa shape index (κ3) is 2.40. The molecular weight excluding hydrogens is 369 g/mol. The predicted molar refractivity (Wildman–Crippen MR) is 87.6 cm³/mol. The predicted octanol–water partition coefficient (Wildman–Crippen LogP) is 5.34. The Morgan fingerprint density at radius 2 is 2.00 bits per heavy atom. The maximum absolute atomic E-state index is 13.2. The fraction of sp³-hybridized carbons (Fsp3) is 0.294. The SMILES string of the molecule is FC(F)(F)c1cccc2c1CCC2N1CNc2ccc(Br)cc21. The molecule has 6 heteroatoms. The summed E-state index contributed by atoms with van der Waals surface area (Å²) in [5.74, 6) is 0. The first-order valence-electron chi connectivity index (χ1n) is 7.44. The van der Waals surface area contributed by atoms with Crippen LogP contribution in [0.4, 0.5) is 24.5 Å². The fourth-order valence-corrected chi connectivity index (χ4v) is 4.00. The highest BCUT2D eigenvalue weighted by Gasteiger charge is 2.39. The molecule has 0 spiro atoms. The molecule has 1 N–H and O–H groups in total. The van der Waals surface area contributed by atoms with Crippen LogP contribution >= 0.6 is 15.9 Å². The Morgan fingerprint density at radius 1 is 1.17 bits per heavy atom. The molecule has 0 amide bonds. The van der Waals surface area contributed by atoms with Crippen molar-refractivity contribution in [2.45, 2.75) is 25.1 Å². The number of nitrogens with one attached hydrogen (secondary N) is 1. The second-order valence-corrected chi connectivity index (χ2v) is 6.81. The maximum Gasteiger partial charge on any atom is 0.416 e. The normalized spacial score (nSPS) is 19.5. The molecule has 1 aliphatic heterocycles. The molecule has 0 bridgehead atoms. The van der Waals surface area contributed by atoms with E-state index in [2.05, 4.69) is 26.1 Å². The average molecular weight is 383 g/mol. The van der Waals surface area contributed by atoms with Gasteiger partial charge in [-0.05, 0) is 48.2 Å². The molecule has 2 aliphatic rings. The lowest BCUT2D eigenvalue weighted by atomic mass is 10.0. The third-order valence-electron chi connectivity index (χ3n) is 4.63. The summed E-state index contributed by atoms with van der Waals surface area (Å²) < 4.78 is 40.6. The number of halogens is 4. The van der Waals surface area contributed by atoms with Crippen LogP contribution in [0.3, 0.4) is 0 Å². The Hall–Kier alpha value is -1.69. The van der Waals surface area contributed by atoms with Crippen molar-refractivity contribution in [3.8, 4) is 0 Å². The molecule has 0 aromatic heterocycles. The van der Waals surface area contributed by atoms with E-state index in [-0.39, 0.29) is 6.04 Å². The van der Waals surface area contributed by atoms with E-state index in [0.29, 0.717) is 25.1 Å². The first kappa shape index (κ1) is 14.9. The maximum atomic E-state index is 13.2. The van der Waals surface area contributed by atoms with Gasteiger partial charge in [-0.25, -0.2) is 0 Å². The van der Waals surface area contributed by atoms with Gasteiger partial charge < -0.3 is 10.2 Å². The van der Waals surface area contributed by atoms with E-state index >= 15 is 0 Å². The third-order valence-corrected chi connectivity index (χ3v) is 5.12. The van der Waals surface area contributed by atoms with Crippen LogP contribution in [0.25, 0.3) is 0 Å². The number of rotatable bonds is 1. The van der Waals surface area contributed by atoms with Crippen LogP contribution in [-0.2, 0) is 12.6 Å². The molecule has 0 saturated carbocycles. The molecule has 1 atom stereocenters. The Bertz CT molecular complexity index is 773. The summed E-state index contributed by atoms with van der Waals surface area (Å²) >= 11 is 3.47. The number of hydrogen-bond acceptors (Lipinski definition) is 2. The van der Waals surface area contributed by atoms with Crippen molar-refractivity contribution in [2.24, 2.45) is 0 Å². The molecule has 4 rings (SSSR count). The Kier molecular flexibility index (Phi) is 3.34. The Balaban J connectivity index is 1.76. The van der Waals surface area contributed by atoms with Gasteiger partial charge in [-0.2, -0.15) is 13.2 Å². The largest absolute Gasteiger partial charge is 0.416 e. The summed E-state index contributed by atoms with van der Waals surface area (Å²) in [6.07, 6.45) is -3.12. The minimum absolute atomic E-state index is 0.0182. The summed E-state index contributed by atoms with van der Waals surface area (Å²) in [5, 5.41) is 3.31. The highest BCUT2D eigenvalue weighted by atomic mass is 79.9. The van der Waals surface area contributed by atoms with Crippen LogP contribution < -0.4 is 10.2 Å². The zero-order valence-corrected chi connectivity index (χ0v) is 13.7. The molecule has 0 fully saturated rings. The van der Waals surface area contributed by atoms with E-state index < -0.39 is 11.7 Å². The zero-order valence-electron chi connectivity index (χ0n) is 12.1. The number of alkyl halides is 3. The van der Waals surface area contributed by atoms with Gasteiger partial charge in [0.05, 0.1) is 29.6 Å². The van der Waals surface area contributed by atoms with Gasteiger partial charge in [0.15, 0.2) is 0 Å². The number of nitrogens with zero attached hydrogens (tertiary/aromatic N) is 1. The topological polar surface area (TPSA) is 15.3 Å². The van der Waals surface area contributed by atoms with Gasteiger partial charge in [0, 0.05) is 4.47 Å². The van der Waals surface area contributed by atoms with Gasteiger partial charge >= 0.3 is 6.18 Å². The molecule has 2 nitrogen and oxygen atoms in total. The minimum atomic E-state index is -4.29. The number of hydrogen-bond donors (Lipinski definition) is 1. The quantitative estimate of drug-likeness (QED) is 0.715. The second kappa shape index (κ2) is 5.16. The number of fused-ring (bicyclic) bond motifs is 2. The molecule has 1 aliphatic carbocycles. The van der Waals surface area contributed by atoms with Crippen molar-refractivity contribution in [3.63, 3.8) is 0 Å². The minimum Gasteiger partial charge on any atom is -0.366 e. The highest BCUT2D eigenvalue weighted by Crippen LogP contribution is 2.46. The highest BCUT2D eigenvalue weighted by molar-refractivity contribution is 9.10. The van der Waals surface area contributed by atoms with Gasteiger partial charge in [-0.1, -0.05) is 28.1 Å². The smallest absolute Gasteiger partial charge is 0.366 e. The van der Waals surface area contributed by atoms with Gasteiger partial charge in [0.25, 0.3) is 0 Å². The number of benzene rings is 2. The molecule has 0 saturated heterocycles. The monoisotopic (exact) mass is 382 g/mol. The van der Waals surface area contributed by atoms with Crippen LogP contribution in [0, 0.1) is 0 Å². The summed E-state index contributed by atoms with van der Waals surface area (Å²) in [6, 6.07) is 10.5. The van der Waals surface area contributed by atoms with Crippen molar-refractivity contribution in [3.05, 3.63) is 57.6 Å². The first-order valence-corrected chi connectivity index (χ1v) is 8.23. The second-order valence-electron chi connectivity index (χ2n) is 5.89. The van der Waals surface area contributed by atoms with Crippen LogP contribution in [0.15, 0.2) is 40.9 Å². The molecule has 23 heavy (non-hydrogen) atoms. The van der Waals surface area contributed by atoms with E-state index in [1.54, 1.807) is 0 Å². The standard InChI is InChI=1S/C17H14BrF3N2/c18-10-4-6-14-16(8-10)23(9-22-14)15-7-5-11-12(15)2-1-3-13(11)17(19,20)21/h1-4,6,8,15,22H,5,7,9H2. The molecular formula is C17H14BrF3N2. The number of anilines is 2. The van der Waals surface area contributed by atoms with E-state index in [1.807, 2.05) is 24.3 Å². The Morgan fingerprint density at radius 3 is 2.78 bits per heavy atom. The lowest BCUT2D eigenvalue weighted by Gasteiger charge is -2.27. The van der Waals surface area contributed by atoms with E-state index in [4.69, 9.17) is 0 Å². The molecule has 2 aromatic rings. The van der Waals surface area contributed by atoms with Crippen molar-refractivity contribution in [2.75, 3.05) is 16.9 Å². The van der Waals surface area contributed by atoms with Gasteiger partial charge in [-0.15, -0.1) is 0 Å². The van der Waals surface area contributed by atoms with Crippen molar-refractivity contribution >= 4 is 27.3 Å². The first-order chi connectivity index (χ1) is 10.9. The van der Waals surface area contributed by atoms with Crippen molar-refractivity contribution < 1.29 is 13.2 Å². The molecule has 2 aromatic carbocycles. The van der Waals surface area contributed by atoms with Crippen LogP contribution in [0.5, 0.6) is 0 Å².